The van der Waals surface area contributed by atoms with Gasteiger partial charge in [-0.15, -0.1) is 0 Å². The van der Waals surface area contributed by atoms with Crippen LogP contribution >= 0.6 is 0 Å². The number of hydrogen-bond donors (Lipinski definition) is 2. The Hall–Kier alpha value is -2.11. The molecule has 1 aromatic carbocycles. The molecule has 0 aliphatic rings. The quantitative estimate of drug-likeness (QED) is 0.599. The molecule has 1 atom stereocenters. The van der Waals surface area contributed by atoms with Crippen LogP contribution in [0.3, 0.4) is 0 Å². The van der Waals surface area contributed by atoms with Gasteiger partial charge in [-0.2, -0.15) is 0 Å². The van der Waals surface area contributed by atoms with Crippen LogP contribution < -0.4 is 5.32 Å². The summed E-state index contributed by atoms with van der Waals surface area (Å²) in [4.78, 5) is 21.0. The van der Waals surface area contributed by atoms with E-state index in [-0.39, 0.29) is 11.6 Å². The minimum Gasteiger partial charge on any atom is -0.477 e. The van der Waals surface area contributed by atoms with E-state index < -0.39 is 16.6 Å². The van der Waals surface area contributed by atoms with E-state index in [1.54, 1.807) is 6.07 Å². The van der Waals surface area contributed by atoms with E-state index in [2.05, 4.69) is 5.32 Å². The first kappa shape index (κ1) is 14.0. The van der Waals surface area contributed by atoms with Crippen molar-refractivity contribution in [2.45, 2.75) is 32.7 Å². The molecule has 2 N–H and O–H groups in total. The van der Waals surface area contributed by atoms with Gasteiger partial charge in [-0.25, -0.2) is 4.79 Å². The summed E-state index contributed by atoms with van der Waals surface area (Å²) >= 11 is 0. The van der Waals surface area contributed by atoms with Gasteiger partial charge in [0, 0.05) is 17.8 Å². The molecule has 0 fully saturated rings. The number of aromatic carboxylic acids is 1. The average molecular weight is 252 g/mol. The Bertz CT molecular complexity index is 459. The van der Waals surface area contributed by atoms with Gasteiger partial charge in [0.2, 0.25) is 0 Å². The number of benzene rings is 1. The van der Waals surface area contributed by atoms with Crippen LogP contribution in [0.2, 0.25) is 0 Å². The molecule has 0 saturated carbocycles. The molecule has 0 radical (unpaired) electrons. The van der Waals surface area contributed by atoms with Gasteiger partial charge in [-0.3, -0.25) is 10.1 Å². The first-order valence-electron chi connectivity index (χ1n) is 5.74. The molecule has 0 aromatic heterocycles. The van der Waals surface area contributed by atoms with Crippen molar-refractivity contribution < 1.29 is 14.8 Å². The number of carbonyl (C=O) groups is 1. The third-order valence-electron chi connectivity index (χ3n) is 2.56. The number of hydrogen-bond acceptors (Lipinski definition) is 4. The highest BCUT2D eigenvalue weighted by Crippen LogP contribution is 2.24. The Morgan fingerprint density at radius 2 is 2.22 bits per heavy atom. The topological polar surface area (TPSA) is 92.5 Å². The zero-order valence-corrected chi connectivity index (χ0v) is 10.3. The van der Waals surface area contributed by atoms with E-state index in [0.29, 0.717) is 5.69 Å². The minimum absolute atomic E-state index is 0.185. The van der Waals surface area contributed by atoms with Crippen molar-refractivity contribution in [2.24, 2.45) is 0 Å². The first-order valence-corrected chi connectivity index (χ1v) is 5.74. The monoisotopic (exact) mass is 252 g/mol. The molecule has 98 valence electrons. The molecule has 1 unspecified atom stereocenters. The number of carboxylic acids is 1. The molecule has 6 nitrogen and oxygen atoms in total. The van der Waals surface area contributed by atoms with E-state index in [4.69, 9.17) is 5.11 Å². The molecule has 0 bridgehead atoms. The summed E-state index contributed by atoms with van der Waals surface area (Å²) in [6.45, 7) is 4.02. The Morgan fingerprint density at radius 3 is 2.72 bits per heavy atom. The second-order valence-electron chi connectivity index (χ2n) is 4.13. The Labute approximate surface area is 105 Å². The van der Waals surface area contributed by atoms with Gasteiger partial charge in [-0.05, 0) is 25.5 Å². The summed E-state index contributed by atoms with van der Waals surface area (Å²) in [6.07, 6.45) is 1.94. The summed E-state index contributed by atoms with van der Waals surface area (Å²) in [6, 6.07) is 4.24. The second kappa shape index (κ2) is 6.00. The third kappa shape index (κ3) is 3.44. The van der Waals surface area contributed by atoms with Crippen molar-refractivity contribution in [3.8, 4) is 0 Å². The van der Waals surface area contributed by atoms with Crippen molar-refractivity contribution >= 4 is 17.3 Å². The van der Waals surface area contributed by atoms with Crippen LogP contribution in [0.25, 0.3) is 0 Å². The summed E-state index contributed by atoms with van der Waals surface area (Å²) in [5, 5.41) is 22.8. The van der Waals surface area contributed by atoms with Crippen LogP contribution in [-0.4, -0.2) is 22.0 Å². The van der Waals surface area contributed by atoms with Crippen LogP contribution in [0.4, 0.5) is 11.4 Å². The number of carboxylic acid groups (broad SMARTS) is 1. The maximum atomic E-state index is 10.8. The maximum absolute atomic E-state index is 10.8. The lowest BCUT2D eigenvalue weighted by molar-refractivity contribution is -0.385. The fraction of sp³-hybridized carbons (Fsp3) is 0.417. The molecule has 1 aromatic rings. The van der Waals surface area contributed by atoms with Gasteiger partial charge in [0.05, 0.1) is 4.92 Å². The molecule has 1 rings (SSSR count). The molecule has 0 spiro atoms. The van der Waals surface area contributed by atoms with E-state index in [9.17, 15) is 14.9 Å². The highest BCUT2D eigenvalue weighted by atomic mass is 16.6. The number of nitrogens with zero attached hydrogens (tertiary/aromatic N) is 1. The number of anilines is 1. The molecule has 18 heavy (non-hydrogen) atoms. The largest absolute Gasteiger partial charge is 0.477 e. The molecule has 0 amide bonds. The fourth-order valence-corrected chi connectivity index (χ4v) is 1.74. The maximum Gasteiger partial charge on any atom is 0.342 e. The van der Waals surface area contributed by atoms with Gasteiger partial charge in [0.15, 0.2) is 0 Å². The lowest BCUT2D eigenvalue weighted by Crippen LogP contribution is -2.15. The van der Waals surface area contributed by atoms with Gasteiger partial charge in [-0.1, -0.05) is 13.3 Å². The lowest BCUT2D eigenvalue weighted by Gasteiger charge is -2.14. The normalized spacial score (nSPS) is 11.9. The van der Waals surface area contributed by atoms with Crippen LogP contribution in [0.5, 0.6) is 0 Å². The summed E-state index contributed by atoms with van der Waals surface area (Å²) in [5.74, 6) is -1.30. The number of nitro groups is 1. The highest BCUT2D eigenvalue weighted by molar-refractivity contribution is 5.93. The Morgan fingerprint density at radius 1 is 1.56 bits per heavy atom. The van der Waals surface area contributed by atoms with Gasteiger partial charge < -0.3 is 10.4 Å². The van der Waals surface area contributed by atoms with Crippen LogP contribution in [0, 0.1) is 10.1 Å². The molecule has 0 heterocycles. The van der Waals surface area contributed by atoms with Crippen molar-refractivity contribution in [3.05, 3.63) is 33.9 Å². The van der Waals surface area contributed by atoms with Gasteiger partial charge >= 0.3 is 5.97 Å². The van der Waals surface area contributed by atoms with E-state index in [0.717, 1.165) is 12.8 Å². The molecular formula is C12H16N2O4. The summed E-state index contributed by atoms with van der Waals surface area (Å²) in [5.41, 5.74) is -0.127. The van der Waals surface area contributed by atoms with Gasteiger partial charge in [0.25, 0.3) is 5.69 Å². The summed E-state index contributed by atoms with van der Waals surface area (Å²) in [7, 11) is 0. The number of nitro benzene ring substituents is 1. The zero-order chi connectivity index (χ0) is 13.7. The predicted octanol–water partition coefficient (Wildman–Crippen LogP) is 2.89. The molecule has 6 heteroatoms. The second-order valence-corrected chi connectivity index (χ2v) is 4.13. The SMILES string of the molecule is CCCC(C)Nc1ccc(C(=O)O)c([N+](=O)[O-])c1. The van der Waals surface area contributed by atoms with E-state index in [1.165, 1.54) is 12.1 Å². The molecule has 0 saturated heterocycles. The van der Waals surface area contributed by atoms with Crippen molar-refractivity contribution in [3.63, 3.8) is 0 Å². The molecule has 0 aliphatic carbocycles. The van der Waals surface area contributed by atoms with Crippen LogP contribution in [0.1, 0.15) is 37.0 Å². The smallest absolute Gasteiger partial charge is 0.342 e. The van der Waals surface area contributed by atoms with Crippen LogP contribution in [-0.2, 0) is 0 Å². The molecule has 0 aliphatic heterocycles. The minimum atomic E-state index is -1.30. The lowest BCUT2D eigenvalue weighted by atomic mass is 10.1. The molecular weight excluding hydrogens is 236 g/mol. The van der Waals surface area contributed by atoms with Crippen molar-refractivity contribution in [2.75, 3.05) is 5.32 Å². The predicted molar refractivity (Wildman–Crippen MR) is 68.0 cm³/mol. The fourth-order valence-electron chi connectivity index (χ4n) is 1.74. The third-order valence-corrected chi connectivity index (χ3v) is 2.56. The number of rotatable bonds is 6. The van der Waals surface area contributed by atoms with Crippen molar-refractivity contribution in [1.82, 2.24) is 0 Å². The summed E-state index contributed by atoms with van der Waals surface area (Å²) < 4.78 is 0. The first-order chi connectivity index (χ1) is 8.45. The highest BCUT2D eigenvalue weighted by Gasteiger charge is 2.20. The zero-order valence-electron chi connectivity index (χ0n) is 10.3. The number of nitrogens with one attached hydrogen (secondary N) is 1. The van der Waals surface area contributed by atoms with Crippen molar-refractivity contribution in [1.29, 1.82) is 0 Å². The average Bonchev–Trinajstić information content (AvgIpc) is 2.28. The van der Waals surface area contributed by atoms with Gasteiger partial charge in [0.1, 0.15) is 5.56 Å². The van der Waals surface area contributed by atoms with E-state index in [1.807, 2.05) is 13.8 Å². The van der Waals surface area contributed by atoms with E-state index >= 15 is 0 Å². The Kier molecular flexibility index (Phi) is 4.65. The standard InChI is InChI=1S/C12H16N2O4/c1-3-4-8(2)13-9-5-6-10(12(15)16)11(7-9)14(17)18/h5-8,13H,3-4H2,1-2H3,(H,15,16). The van der Waals surface area contributed by atoms with Crippen LogP contribution in [0.15, 0.2) is 18.2 Å². The Balaban J connectivity index is 3.00.